The zero-order chi connectivity index (χ0) is 12.1. The Balaban J connectivity index is 2.55. The van der Waals surface area contributed by atoms with Gasteiger partial charge in [0, 0.05) is 12.6 Å². The molecule has 0 saturated carbocycles. The molecule has 0 aromatic heterocycles. The maximum atomic E-state index is 12.6. The second-order valence-corrected chi connectivity index (χ2v) is 4.53. The highest BCUT2D eigenvalue weighted by Gasteiger charge is 2.36. The minimum absolute atomic E-state index is 0.00775. The number of hydrogen-bond acceptors (Lipinski definition) is 1. The van der Waals surface area contributed by atoms with Gasteiger partial charge in [-0.05, 0) is 37.2 Å². The lowest BCUT2D eigenvalue weighted by molar-refractivity contribution is -0.137. The van der Waals surface area contributed by atoms with Crippen LogP contribution in [0, 0.1) is 0 Å². The predicted octanol–water partition coefficient (Wildman–Crippen LogP) is 3.87. The fourth-order valence-corrected chi connectivity index (χ4v) is 2.31. The lowest BCUT2D eigenvalue weighted by Gasteiger charge is -2.15. The van der Waals surface area contributed by atoms with Crippen molar-refractivity contribution < 1.29 is 13.2 Å². The Morgan fingerprint density at radius 1 is 1.38 bits per heavy atom. The molecule has 1 unspecified atom stereocenters. The molecule has 0 radical (unpaired) electrons. The van der Waals surface area contributed by atoms with Crippen LogP contribution in [0.2, 0.25) is 5.02 Å². The highest BCUT2D eigenvalue weighted by molar-refractivity contribution is 6.31. The molecule has 1 heterocycles. The van der Waals surface area contributed by atoms with Gasteiger partial charge in [0.15, 0.2) is 0 Å². The normalized spacial score (nSPS) is 21.2. The van der Waals surface area contributed by atoms with Crippen molar-refractivity contribution in [2.24, 2.45) is 0 Å². The highest BCUT2D eigenvalue weighted by Crippen LogP contribution is 2.41. The molecule has 0 amide bonds. The average Bonchev–Trinajstić information content (AvgIpc) is 2.39. The topological polar surface area (TPSA) is 3.24 Å². The van der Waals surface area contributed by atoms with Gasteiger partial charge in [-0.1, -0.05) is 11.6 Å². The molecule has 88 valence electrons. The summed E-state index contributed by atoms with van der Waals surface area (Å²) in [5.41, 5.74) is 0.863. The standard InChI is InChI=1S/C11H11ClF3N/c1-6-8-4-9(11(13,14)15)10(12)3-7(8)5-16(6)2/h3-4,6H,5H2,1-2H3. The van der Waals surface area contributed by atoms with E-state index in [9.17, 15) is 13.2 Å². The van der Waals surface area contributed by atoms with Gasteiger partial charge in [0.25, 0.3) is 0 Å². The first-order valence-corrected chi connectivity index (χ1v) is 5.28. The number of fused-ring (bicyclic) bond motifs is 1. The Bertz CT molecular complexity index is 428. The zero-order valence-corrected chi connectivity index (χ0v) is 9.65. The smallest absolute Gasteiger partial charge is 0.295 e. The second kappa shape index (κ2) is 3.64. The van der Waals surface area contributed by atoms with Gasteiger partial charge in [0.2, 0.25) is 0 Å². The molecule has 0 N–H and O–H groups in total. The van der Waals surface area contributed by atoms with E-state index in [1.807, 2.05) is 18.9 Å². The number of nitrogens with zero attached hydrogens (tertiary/aromatic N) is 1. The Morgan fingerprint density at radius 3 is 2.56 bits per heavy atom. The van der Waals surface area contributed by atoms with E-state index < -0.39 is 11.7 Å². The third-order valence-corrected chi connectivity index (χ3v) is 3.38. The van der Waals surface area contributed by atoms with Gasteiger partial charge in [0.05, 0.1) is 10.6 Å². The second-order valence-electron chi connectivity index (χ2n) is 4.12. The maximum absolute atomic E-state index is 12.6. The molecule has 1 aromatic carbocycles. The molecule has 0 fully saturated rings. The molecule has 0 aliphatic carbocycles. The lowest BCUT2D eigenvalue weighted by atomic mass is 10.0. The number of alkyl halides is 3. The van der Waals surface area contributed by atoms with E-state index in [1.54, 1.807) is 0 Å². The van der Waals surface area contributed by atoms with Gasteiger partial charge >= 0.3 is 6.18 Å². The SMILES string of the molecule is CC1c2cc(C(F)(F)F)c(Cl)cc2CN1C. The summed E-state index contributed by atoms with van der Waals surface area (Å²) in [6.07, 6.45) is -4.38. The number of benzene rings is 1. The van der Waals surface area contributed by atoms with Crippen LogP contribution in [0.4, 0.5) is 13.2 Å². The summed E-state index contributed by atoms with van der Waals surface area (Å²) in [4.78, 5) is 1.99. The molecule has 2 rings (SSSR count). The van der Waals surface area contributed by atoms with Crippen molar-refractivity contribution in [3.8, 4) is 0 Å². The maximum Gasteiger partial charge on any atom is 0.417 e. The van der Waals surface area contributed by atoms with Crippen LogP contribution in [0.5, 0.6) is 0 Å². The Labute approximate surface area is 96.8 Å². The fourth-order valence-electron chi connectivity index (χ4n) is 2.02. The van der Waals surface area contributed by atoms with Gasteiger partial charge in [-0.15, -0.1) is 0 Å². The van der Waals surface area contributed by atoms with Gasteiger partial charge in [-0.25, -0.2) is 0 Å². The third kappa shape index (κ3) is 1.80. The van der Waals surface area contributed by atoms with Crippen LogP contribution in [0.1, 0.15) is 29.7 Å². The van der Waals surface area contributed by atoms with Gasteiger partial charge in [-0.2, -0.15) is 13.2 Å². The Morgan fingerprint density at radius 2 is 2.00 bits per heavy atom. The summed E-state index contributed by atoms with van der Waals surface area (Å²) in [7, 11) is 1.88. The van der Waals surface area contributed by atoms with Crippen molar-refractivity contribution in [3.63, 3.8) is 0 Å². The fraction of sp³-hybridized carbons (Fsp3) is 0.455. The highest BCUT2D eigenvalue weighted by atomic mass is 35.5. The molecule has 1 aliphatic heterocycles. The third-order valence-electron chi connectivity index (χ3n) is 3.07. The van der Waals surface area contributed by atoms with Crippen molar-refractivity contribution in [1.82, 2.24) is 4.90 Å². The molecule has 0 spiro atoms. The van der Waals surface area contributed by atoms with E-state index in [0.717, 1.165) is 11.1 Å². The van der Waals surface area contributed by atoms with Crippen LogP contribution in [0.25, 0.3) is 0 Å². The van der Waals surface area contributed by atoms with Crippen LogP contribution in [-0.4, -0.2) is 11.9 Å². The average molecular weight is 250 g/mol. The summed E-state index contributed by atoms with van der Waals surface area (Å²) in [5.74, 6) is 0. The molecule has 0 bridgehead atoms. The number of hydrogen-bond donors (Lipinski definition) is 0. The van der Waals surface area contributed by atoms with Crippen LogP contribution in [0.15, 0.2) is 12.1 Å². The molecule has 1 aromatic rings. The summed E-state index contributed by atoms with van der Waals surface area (Å²) in [6.45, 7) is 2.54. The molecular weight excluding hydrogens is 239 g/mol. The van der Waals surface area contributed by atoms with Crippen LogP contribution in [-0.2, 0) is 12.7 Å². The first-order chi connectivity index (χ1) is 7.30. The number of halogens is 4. The zero-order valence-electron chi connectivity index (χ0n) is 8.90. The number of rotatable bonds is 0. The molecule has 1 aliphatic rings. The Hall–Kier alpha value is -0.740. The molecule has 1 atom stereocenters. The van der Waals surface area contributed by atoms with E-state index in [-0.39, 0.29) is 11.1 Å². The Kier molecular flexibility index (Phi) is 2.67. The van der Waals surface area contributed by atoms with Gasteiger partial charge in [-0.3, -0.25) is 4.90 Å². The van der Waals surface area contributed by atoms with E-state index in [0.29, 0.717) is 6.54 Å². The monoisotopic (exact) mass is 249 g/mol. The summed E-state index contributed by atoms with van der Waals surface area (Å²) >= 11 is 5.65. The largest absolute Gasteiger partial charge is 0.417 e. The van der Waals surface area contributed by atoms with Gasteiger partial charge < -0.3 is 0 Å². The summed E-state index contributed by atoms with van der Waals surface area (Å²) < 4.78 is 37.9. The molecule has 1 nitrogen and oxygen atoms in total. The van der Waals surface area contributed by atoms with E-state index in [4.69, 9.17) is 11.6 Å². The molecular formula is C11H11ClF3N. The molecule has 16 heavy (non-hydrogen) atoms. The van der Waals surface area contributed by atoms with Crippen LogP contribution in [0.3, 0.4) is 0 Å². The van der Waals surface area contributed by atoms with E-state index in [1.165, 1.54) is 12.1 Å². The van der Waals surface area contributed by atoms with Crippen molar-refractivity contribution in [2.45, 2.75) is 25.7 Å². The first kappa shape index (κ1) is 11.7. The van der Waals surface area contributed by atoms with Crippen molar-refractivity contribution >= 4 is 11.6 Å². The van der Waals surface area contributed by atoms with Gasteiger partial charge in [0.1, 0.15) is 0 Å². The van der Waals surface area contributed by atoms with Crippen molar-refractivity contribution in [2.75, 3.05) is 7.05 Å². The first-order valence-electron chi connectivity index (χ1n) is 4.90. The molecule has 5 heteroatoms. The van der Waals surface area contributed by atoms with Crippen molar-refractivity contribution in [3.05, 3.63) is 33.8 Å². The van der Waals surface area contributed by atoms with Crippen molar-refractivity contribution in [1.29, 1.82) is 0 Å². The van der Waals surface area contributed by atoms with E-state index >= 15 is 0 Å². The van der Waals surface area contributed by atoms with Crippen LogP contribution < -0.4 is 0 Å². The predicted molar refractivity (Wildman–Crippen MR) is 56.3 cm³/mol. The minimum Gasteiger partial charge on any atom is -0.295 e. The molecule has 0 saturated heterocycles. The minimum atomic E-state index is -4.38. The van der Waals surface area contributed by atoms with Crippen LogP contribution >= 0.6 is 11.6 Å². The summed E-state index contributed by atoms with van der Waals surface area (Å²) in [5, 5.41) is -0.214. The lowest BCUT2D eigenvalue weighted by Crippen LogP contribution is -2.13. The van der Waals surface area contributed by atoms with E-state index in [2.05, 4.69) is 0 Å². The quantitative estimate of drug-likeness (QED) is 0.675. The summed E-state index contributed by atoms with van der Waals surface area (Å²) in [6, 6.07) is 2.61.